The molecule has 2 nitrogen and oxygen atoms in total. The fraction of sp³-hybridized carbons (Fsp3) is 0.222. The average molecular weight is 241 g/mol. The van der Waals surface area contributed by atoms with Crippen LogP contribution in [0.15, 0.2) is 22.7 Å². The predicted octanol–water partition coefficient (Wildman–Crippen LogP) is 1.37. The Bertz CT molecular complexity index is 325. The molecule has 0 aromatic heterocycles. The van der Waals surface area contributed by atoms with E-state index in [0.717, 1.165) is 16.4 Å². The van der Waals surface area contributed by atoms with Gasteiger partial charge in [0.1, 0.15) is 7.85 Å². The summed E-state index contributed by atoms with van der Waals surface area (Å²) in [5, 5.41) is 0. The number of hydrogen-bond donors (Lipinski definition) is 0. The Labute approximate surface area is 86.8 Å². The highest BCUT2D eigenvalue weighted by Crippen LogP contribution is 2.17. The minimum Gasteiger partial charge on any atom is -0.465 e. The lowest BCUT2D eigenvalue weighted by molar-refractivity contribution is 0.0599. The lowest BCUT2D eigenvalue weighted by Gasteiger charge is -2.05. The molecule has 4 heteroatoms. The molecular weight excluding hydrogens is 231 g/mol. The smallest absolute Gasteiger partial charge is 0.338 e. The van der Waals surface area contributed by atoms with Gasteiger partial charge in [0, 0.05) is 4.47 Å². The van der Waals surface area contributed by atoms with Crippen LogP contribution in [0.4, 0.5) is 0 Å². The van der Waals surface area contributed by atoms with E-state index in [9.17, 15) is 4.79 Å². The van der Waals surface area contributed by atoms with Gasteiger partial charge in [-0.25, -0.2) is 4.79 Å². The van der Waals surface area contributed by atoms with E-state index in [4.69, 9.17) is 0 Å². The molecule has 0 atom stereocenters. The van der Waals surface area contributed by atoms with Crippen LogP contribution in [0.3, 0.4) is 0 Å². The fourth-order valence-electron chi connectivity index (χ4n) is 1.16. The Morgan fingerprint density at radius 2 is 2.31 bits per heavy atom. The Morgan fingerprint density at radius 1 is 1.62 bits per heavy atom. The quantitative estimate of drug-likeness (QED) is 0.577. The first-order chi connectivity index (χ1) is 6.19. The zero-order valence-corrected chi connectivity index (χ0v) is 9.22. The number of benzene rings is 1. The van der Waals surface area contributed by atoms with Crippen LogP contribution in [0.1, 0.15) is 15.9 Å². The number of esters is 1. The third-order valence-corrected chi connectivity index (χ3v) is 2.35. The molecule has 0 saturated carbocycles. The van der Waals surface area contributed by atoms with Crippen molar-refractivity contribution in [1.82, 2.24) is 0 Å². The van der Waals surface area contributed by atoms with Crippen molar-refractivity contribution in [3.63, 3.8) is 0 Å². The molecule has 0 fully saturated rings. The van der Waals surface area contributed by atoms with E-state index in [0.29, 0.717) is 5.56 Å². The SMILES string of the molecule is BCc1ccc(Br)cc1C(=O)OC. The predicted molar refractivity (Wildman–Crippen MR) is 57.7 cm³/mol. The zero-order chi connectivity index (χ0) is 9.84. The van der Waals surface area contributed by atoms with Crippen LogP contribution in [0.25, 0.3) is 0 Å². The highest BCUT2D eigenvalue weighted by molar-refractivity contribution is 9.10. The first-order valence-corrected chi connectivity index (χ1v) is 4.85. The Morgan fingerprint density at radius 3 is 2.85 bits per heavy atom. The van der Waals surface area contributed by atoms with Crippen molar-refractivity contribution < 1.29 is 9.53 Å². The standard InChI is InChI=1S/C9H10BBrO2/c1-13-9(12)8-4-7(11)3-2-6(8)5-10/h2-4H,5,10H2,1H3. The highest BCUT2D eigenvalue weighted by atomic mass is 79.9. The minimum atomic E-state index is -0.279. The van der Waals surface area contributed by atoms with Gasteiger partial charge in [0.2, 0.25) is 0 Å². The second kappa shape index (κ2) is 4.47. The van der Waals surface area contributed by atoms with Crippen LogP contribution in [-0.4, -0.2) is 20.9 Å². The number of carbonyl (C=O) groups excluding carboxylic acids is 1. The maximum atomic E-state index is 11.3. The van der Waals surface area contributed by atoms with E-state index in [1.807, 2.05) is 20.0 Å². The molecule has 0 saturated heterocycles. The van der Waals surface area contributed by atoms with Gasteiger partial charge in [-0.1, -0.05) is 28.3 Å². The van der Waals surface area contributed by atoms with Crippen LogP contribution in [0, 0.1) is 0 Å². The molecule has 1 aromatic carbocycles. The van der Waals surface area contributed by atoms with Crippen LogP contribution < -0.4 is 0 Å². The summed E-state index contributed by atoms with van der Waals surface area (Å²) in [4.78, 5) is 11.3. The molecule has 0 heterocycles. The second-order valence-electron chi connectivity index (χ2n) is 2.65. The topological polar surface area (TPSA) is 26.3 Å². The molecule has 1 aromatic rings. The number of carbonyl (C=O) groups is 1. The Kier molecular flexibility index (Phi) is 3.54. The van der Waals surface area contributed by atoms with E-state index in [1.165, 1.54) is 7.11 Å². The second-order valence-corrected chi connectivity index (χ2v) is 3.56. The lowest BCUT2D eigenvalue weighted by Crippen LogP contribution is -2.05. The van der Waals surface area contributed by atoms with Gasteiger partial charge in [-0.2, -0.15) is 0 Å². The number of halogens is 1. The molecule has 0 unspecified atom stereocenters. The summed E-state index contributed by atoms with van der Waals surface area (Å²) in [6, 6.07) is 5.63. The van der Waals surface area contributed by atoms with Crippen molar-refractivity contribution in [2.75, 3.05) is 7.11 Å². The van der Waals surface area contributed by atoms with Crippen molar-refractivity contribution >= 4 is 29.7 Å². The van der Waals surface area contributed by atoms with Crippen molar-refractivity contribution in [2.24, 2.45) is 0 Å². The average Bonchev–Trinajstić information content (AvgIpc) is 2.16. The largest absolute Gasteiger partial charge is 0.465 e. The van der Waals surface area contributed by atoms with Gasteiger partial charge >= 0.3 is 5.97 Å². The van der Waals surface area contributed by atoms with Crippen LogP contribution >= 0.6 is 15.9 Å². The van der Waals surface area contributed by atoms with Gasteiger partial charge < -0.3 is 4.74 Å². The number of ether oxygens (including phenoxy) is 1. The van der Waals surface area contributed by atoms with E-state index in [2.05, 4.69) is 20.7 Å². The third kappa shape index (κ3) is 2.34. The summed E-state index contributed by atoms with van der Waals surface area (Å²) in [7, 11) is 3.40. The molecule has 0 aliphatic heterocycles. The van der Waals surface area contributed by atoms with Crippen LogP contribution in [0.2, 0.25) is 0 Å². The lowest BCUT2D eigenvalue weighted by atomic mass is 9.93. The molecule has 68 valence electrons. The summed E-state index contributed by atoms with van der Waals surface area (Å²) in [6.07, 6.45) is 0.831. The molecule has 1 rings (SSSR count). The maximum absolute atomic E-state index is 11.3. The Balaban J connectivity index is 3.15. The Hall–Kier alpha value is -0.765. The number of hydrogen-bond acceptors (Lipinski definition) is 2. The normalized spacial score (nSPS) is 9.69. The minimum absolute atomic E-state index is 0.279. The molecule has 0 radical (unpaired) electrons. The molecule has 13 heavy (non-hydrogen) atoms. The first-order valence-electron chi connectivity index (χ1n) is 4.05. The van der Waals surface area contributed by atoms with Gasteiger partial charge in [0.05, 0.1) is 12.7 Å². The van der Waals surface area contributed by atoms with Gasteiger partial charge in [0.25, 0.3) is 0 Å². The van der Waals surface area contributed by atoms with Gasteiger partial charge in [-0.15, -0.1) is 0 Å². The molecule has 0 aliphatic rings. The summed E-state index contributed by atoms with van der Waals surface area (Å²) in [5.41, 5.74) is 1.65. The summed E-state index contributed by atoms with van der Waals surface area (Å²) >= 11 is 3.32. The van der Waals surface area contributed by atoms with Crippen LogP contribution in [-0.2, 0) is 11.1 Å². The summed E-state index contributed by atoms with van der Waals surface area (Å²) in [6.45, 7) is 0. The van der Waals surface area contributed by atoms with Crippen LogP contribution in [0.5, 0.6) is 0 Å². The van der Waals surface area contributed by atoms with Gasteiger partial charge in [-0.3, -0.25) is 0 Å². The van der Waals surface area contributed by atoms with Gasteiger partial charge in [-0.05, 0) is 17.7 Å². The first kappa shape index (κ1) is 10.3. The van der Waals surface area contributed by atoms with E-state index in [-0.39, 0.29) is 5.97 Å². The van der Waals surface area contributed by atoms with E-state index < -0.39 is 0 Å². The molecule has 0 N–H and O–H groups in total. The maximum Gasteiger partial charge on any atom is 0.338 e. The molecule has 0 aliphatic carbocycles. The third-order valence-electron chi connectivity index (χ3n) is 1.86. The van der Waals surface area contributed by atoms with E-state index in [1.54, 1.807) is 6.07 Å². The number of rotatable bonds is 2. The monoisotopic (exact) mass is 240 g/mol. The summed E-state index contributed by atoms with van der Waals surface area (Å²) < 4.78 is 5.57. The molecule has 0 bridgehead atoms. The molecule has 0 spiro atoms. The van der Waals surface area contributed by atoms with Gasteiger partial charge in [0.15, 0.2) is 0 Å². The molecular formula is C9H10BBrO2. The van der Waals surface area contributed by atoms with Crippen molar-refractivity contribution in [2.45, 2.75) is 6.32 Å². The molecule has 0 amide bonds. The fourth-order valence-corrected chi connectivity index (χ4v) is 1.52. The van der Waals surface area contributed by atoms with Crippen molar-refractivity contribution in [1.29, 1.82) is 0 Å². The highest BCUT2D eigenvalue weighted by Gasteiger charge is 2.10. The number of methoxy groups -OCH3 is 1. The van der Waals surface area contributed by atoms with Crippen molar-refractivity contribution in [3.8, 4) is 0 Å². The zero-order valence-electron chi connectivity index (χ0n) is 7.63. The van der Waals surface area contributed by atoms with E-state index >= 15 is 0 Å². The summed E-state index contributed by atoms with van der Waals surface area (Å²) in [5.74, 6) is -0.279. The van der Waals surface area contributed by atoms with Crippen molar-refractivity contribution in [3.05, 3.63) is 33.8 Å².